The monoisotopic (exact) mass is 229 g/mol. The van der Waals surface area contributed by atoms with Gasteiger partial charge in [-0.05, 0) is 56.4 Å². The van der Waals surface area contributed by atoms with Crippen molar-refractivity contribution in [2.24, 2.45) is 0 Å². The molecule has 0 bridgehead atoms. The van der Waals surface area contributed by atoms with Crippen LogP contribution in [0.15, 0.2) is 48.5 Å². The van der Waals surface area contributed by atoms with Gasteiger partial charge in [0.1, 0.15) is 0 Å². The minimum atomic E-state index is 1.06. The van der Waals surface area contributed by atoms with Crippen molar-refractivity contribution in [2.75, 3.05) is 0 Å². The third kappa shape index (κ3) is 1.15. The van der Waals surface area contributed by atoms with Gasteiger partial charge in [-0.1, -0.05) is 49.4 Å². The fourth-order valence-corrected chi connectivity index (χ4v) is 3.01. The third-order valence-corrected chi connectivity index (χ3v) is 3.91. The lowest BCUT2D eigenvalue weighted by molar-refractivity contribution is 1.16. The predicted molar refractivity (Wildman–Crippen MR) is 78.4 cm³/mol. The lowest BCUT2D eigenvalue weighted by Crippen LogP contribution is -1.88. The van der Waals surface area contributed by atoms with Gasteiger partial charge in [0.05, 0.1) is 0 Å². The highest BCUT2D eigenvalue weighted by Gasteiger charge is 2.09. The first-order valence-electron chi connectivity index (χ1n) is 6.45. The van der Waals surface area contributed by atoms with Crippen molar-refractivity contribution in [3.8, 4) is 0 Å². The topological polar surface area (TPSA) is 0 Å². The second kappa shape index (κ2) is 3.46. The molecule has 1 radical (unpaired) electrons. The summed E-state index contributed by atoms with van der Waals surface area (Å²) in [5, 5.41) is 8.03. The first-order chi connectivity index (χ1) is 8.88. The van der Waals surface area contributed by atoms with Crippen LogP contribution < -0.4 is 0 Å². The van der Waals surface area contributed by atoms with Gasteiger partial charge in [-0.15, -0.1) is 0 Å². The van der Waals surface area contributed by atoms with Gasteiger partial charge in [0.25, 0.3) is 0 Å². The summed E-state index contributed by atoms with van der Waals surface area (Å²) < 4.78 is 0. The van der Waals surface area contributed by atoms with Crippen LogP contribution >= 0.6 is 0 Å². The highest BCUT2D eigenvalue weighted by Crippen LogP contribution is 2.35. The minimum absolute atomic E-state index is 1.06. The van der Waals surface area contributed by atoms with E-state index < -0.39 is 0 Å². The lowest BCUT2D eigenvalue weighted by atomic mass is 9.91. The number of rotatable bonds is 1. The summed E-state index contributed by atoms with van der Waals surface area (Å²) in [6.07, 6.45) is 1.06. The Morgan fingerprint density at radius 1 is 0.889 bits per heavy atom. The summed E-state index contributed by atoms with van der Waals surface area (Å²) in [7, 11) is 0. The maximum absolute atomic E-state index is 3.43. The Morgan fingerprint density at radius 2 is 1.67 bits per heavy atom. The number of benzene rings is 4. The molecule has 4 aromatic carbocycles. The first-order valence-corrected chi connectivity index (χ1v) is 6.45. The molecule has 0 atom stereocenters. The molecule has 0 aliphatic heterocycles. The molecule has 0 nitrogen and oxygen atoms in total. The Hall–Kier alpha value is -2.08. The number of hydrogen-bond acceptors (Lipinski definition) is 0. The number of aryl methyl sites for hydroxylation is 1. The van der Waals surface area contributed by atoms with Gasteiger partial charge >= 0.3 is 0 Å². The van der Waals surface area contributed by atoms with Crippen molar-refractivity contribution >= 4 is 32.3 Å². The van der Waals surface area contributed by atoms with Crippen molar-refractivity contribution in [1.29, 1.82) is 0 Å². The van der Waals surface area contributed by atoms with Crippen LogP contribution in [0.4, 0.5) is 0 Å². The van der Waals surface area contributed by atoms with Crippen LogP contribution in [0.2, 0.25) is 0 Å². The van der Waals surface area contributed by atoms with Gasteiger partial charge in [-0.2, -0.15) is 0 Å². The molecular formula is C18H13. The molecule has 0 heterocycles. The third-order valence-electron chi connectivity index (χ3n) is 3.91. The van der Waals surface area contributed by atoms with E-state index >= 15 is 0 Å². The maximum atomic E-state index is 3.43. The van der Waals surface area contributed by atoms with Crippen molar-refractivity contribution in [3.63, 3.8) is 0 Å². The van der Waals surface area contributed by atoms with Gasteiger partial charge < -0.3 is 0 Å². The molecule has 18 heavy (non-hydrogen) atoms. The Balaban J connectivity index is 2.40. The summed E-state index contributed by atoms with van der Waals surface area (Å²) in [5.74, 6) is 0. The second-order valence-electron chi connectivity index (χ2n) is 4.85. The molecule has 0 N–H and O–H groups in total. The second-order valence-corrected chi connectivity index (χ2v) is 4.85. The molecular weight excluding hydrogens is 216 g/mol. The minimum Gasteiger partial charge on any atom is -0.0613 e. The van der Waals surface area contributed by atoms with Crippen molar-refractivity contribution in [1.82, 2.24) is 0 Å². The van der Waals surface area contributed by atoms with E-state index in [1.165, 1.54) is 37.9 Å². The van der Waals surface area contributed by atoms with Crippen LogP contribution in [-0.2, 0) is 6.42 Å². The smallest absolute Gasteiger partial charge is 0.00178 e. The fraction of sp³-hybridized carbons (Fsp3) is 0.111. The Bertz CT molecular complexity index is 840. The van der Waals surface area contributed by atoms with Crippen LogP contribution in [0.25, 0.3) is 32.3 Å². The van der Waals surface area contributed by atoms with Gasteiger partial charge in [0.2, 0.25) is 0 Å². The Morgan fingerprint density at radius 3 is 2.44 bits per heavy atom. The Labute approximate surface area is 106 Å². The van der Waals surface area contributed by atoms with Crippen molar-refractivity contribution in [2.45, 2.75) is 13.3 Å². The standard InChI is InChI=1S/C18H13/c1-2-12-6-7-15-9-8-13-4-3-5-14-10-11-16(12)18(15)17(13)14/h3-6,8-11H,2H2,1H3. The summed E-state index contributed by atoms with van der Waals surface area (Å²) in [4.78, 5) is 0. The van der Waals surface area contributed by atoms with E-state index in [9.17, 15) is 0 Å². The number of hydrogen-bond donors (Lipinski definition) is 0. The molecule has 4 aromatic rings. The molecule has 4 rings (SSSR count). The van der Waals surface area contributed by atoms with Gasteiger partial charge in [0, 0.05) is 0 Å². The van der Waals surface area contributed by atoms with E-state index in [-0.39, 0.29) is 0 Å². The van der Waals surface area contributed by atoms with Gasteiger partial charge in [-0.25, -0.2) is 0 Å². The molecule has 0 heteroatoms. The van der Waals surface area contributed by atoms with Crippen LogP contribution in [0.5, 0.6) is 0 Å². The molecule has 0 fully saturated rings. The highest BCUT2D eigenvalue weighted by atomic mass is 14.1. The molecule has 0 aliphatic rings. The zero-order valence-electron chi connectivity index (χ0n) is 10.3. The maximum Gasteiger partial charge on any atom is -0.00178 e. The van der Waals surface area contributed by atoms with Crippen LogP contribution in [0, 0.1) is 6.07 Å². The molecule has 0 aliphatic carbocycles. The van der Waals surface area contributed by atoms with Gasteiger partial charge in [-0.3, -0.25) is 0 Å². The molecule has 85 valence electrons. The molecule has 0 saturated carbocycles. The largest absolute Gasteiger partial charge is 0.0613 e. The normalized spacial score (nSPS) is 11.8. The van der Waals surface area contributed by atoms with Gasteiger partial charge in [0.15, 0.2) is 0 Å². The average Bonchev–Trinajstić information content (AvgIpc) is 2.44. The van der Waals surface area contributed by atoms with Crippen LogP contribution in [-0.4, -0.2) is 0 Å². The van der Waals surface area contributed by atoms with E-state index in [2.05, 4.69) is 61.5 Å². The molecule has 0 unspecified atom stereocenters. The summed E-state index contributed by atoms with van der Waals surface area (Å²) in [5.41, 5.74) is 1.39. The van der Waals surface area contributed by atoms with E-state index in [0.29, 0.717) is 0 Å². The quantitative estimate of drug-likeness (QED) is 0.405. The Kier molecular flexibility index (Phi) is 1.90. The summed E-state index contributed by atoms with van der Waals surface area (Å²) in [6.45, 7) is 2.21. The molecule has 0 aromatic heterocycles. The first kappa shape index (κ1) is 9.90. The van der Waals surface area contributed by atoms with Crippen molar-refractivity contribution < 1.29 is 0 Å². The summed E-state index contributed by atoms with van der Waals surface area (Å²) in [6, 6.07) is 21.0. The summed E-state index contributed by atoms with van der Waals surface area (Å²) >= 11 is 0. The van der Waals surface area contributed by atoms with E-state index in [1.54, 1.807) is 0 Å². The van der Waals surface area contributed by atoms with E-state index in [0.717, 1.165) is 6.42 Å². The SMILES string of the molecule is CCc1c[c]c2ccc3cccc4ccc1c2c34. The molecule has 0 spiro atoms. The lowest BCUT2D eigenvalue weighted by Gasteiger charge is -2.12. The van der Waals surface area contributed by atoms with Crippen LogP contribution in [0.1, 0.15) is 12.5 Å². The predicted octanol–water partition coefficient (Wildman–Crippen LogP) is 4.95. The zero-order chi connectivity index (χ0) is 12.1. The zero-order valence-corrected chi connectivity index (χ0v) is 10.3. The fourth-order valence-electron chi connectivity index (χ4n) is 3.01. The molecule has 0 saturated heterocycles. The van der Waals surface area contributed by atoms with Crippen LogP contribution in [0.3, 0.4) is 0 Å². The molecule has 0 amide bonds. The highest BCUT2D eigenvalue weighted by molar-refractivity contribution is 6.23. The van der Waals surface area contributed by atoms with E-state index in [1.807, 2.05) is 0 Å². The average molecular weight is 229 g/mol. The van der Waals surface area contributed by atoms with E-state index in [4.69, 9.17) is 0 Å². The van der Waals surface area contributed by atoms with Crippen molar-refractivity contribution in [3.05, 3.63) is 60.2 Å².